The molecule has 2 heteroatoms. The monoisotopic (exact) mass is 236 g/mol. The molecule has 0 heterocycles. The van der Waals surface area contributed by atoms with Gasteiger partial charge in [0.2, 0.25) is 0 Å². The molecule has 0 radical (unpaired) electrons. The van der Waals surface area contributed by atoms with E-state index in [9.17, 15) is 0 Å². The molecule has 17 heavy (non-hydrogen) atoms. The second-order valence-corrected chi connectivity index (χ2v) is 6.56. The van der Waals surface area contributed by atoms with E-state index in [0.29, 0.717) is 0 Å². The normalized spacial score (nSPS) is 33.5. The van der Waals surface area contributed by atoms with Gasteiger partial charge in [-0.1, -0.05) is 6.92 Å². The molecule has 0 aromatic carbocycles. The Hall–Kier alpha value is -0.0800. The summed E-state index contributed by atoms with van der Waals surface area (Å²) in [5, 5.41) is 3.64. The molecule has 3 rings (SSSR count). The highest BCUT2D eigenvalue weighted by atomic mass is 15.2. The van der Waals surface area contributed by atoms with E-state index < -0.39 is 0 Å². The molecule has 2 atom stereocenters. The van der Waals surface area contributed by atoms with Crippen LogP contribution in [0.2, 0.25) is 0 Å². The summed E-state index contributed by atoms with van der Waals surface area (Å²) in [6.45, 7) is 6.21. The lowest BCUT2D eigenvalue weighted by Gasteiger charge is -2.29. The van der Waals surface area contributed by atoms with Gasteiger partial charge >= 0.3 is 0 Å². The Balaban J connectivity index is 1.50. The minimum absolute atomic E-state index is 0.811. The molecule has 3 aliphatic carbocycles. The predicted octanol–water partition coefficient (Wildman–Crippen LogP) is 2.64. The van der Waals surface area contributed by atoms with Crippen LogP contribution in [-0.4, -0.2) is 36.6 Å². The summed E-state index contributed by atoms with van der Waals surface area (Å²) in [6, 6.07) is 1.71. The number of hydrogen-bond acceptors (Lipinski definition) is 2. The fourth-order valence-electron chi connectivity index (χ4n) is 3.40. The van der Waals surface area contributed by atoms with E-state index in [1.165, 1.54) is 58.0 Å². The summed E-state index contributed by atoms with van der Waals surface area (Å²) in [5.41, 5.74) is 0. The van der Waals surface area contributed by atoms with Gasteiger partial charge in [-0.25, -0.2) is 0 Å². The topological polar surface area (TPSA) is 15.3 Å². The molecule has 0 spiro atoms. The smallest absolute Gasteiger partial charge is 0.0111 e. The molecule has 2 nitrogen and oxygen atoms in total. The maximum Gasteiger partial charge on any atom is 0.0111 e. The Labute approximate surface area is 106 Å². The first-order valence-corrected chi connectivity index (χ1v) is 7.82. The molecular formula is C15H28N2. The fourth-order valence-corrected chi connectivity index (χ4v) is 3.40. The summed E-state index contributed by atoms with van der Waals surface area (Å²) in [4.78, 5) is 2.87. The highest BCUT2D eigenvalue weighted by Gasteiger charge is 2.35. The molecule has 0 aliphatic heterocycles. The second-order valence-electron chi connectivity index (χ2n) is 6.56. The van der Waals surface area contributed by atoms with Crippen molar-refractivity contribution in [2.45, 2.75) is 64.0 Å². The summed E-state index contributed by atoms with van der Waals surface area (Å²) in [6.07, 6.45) is 10.3. The molecule has 0 bridgehead atoms. The van der Waals surface area contributed by atoms with Gasteiger partial charge in [-0.05, 0) is 63.3 Å². The predicted molar refractivity (Wildman–Crippen MR) is 72.1 cm³/mol. The van der Waals surface area contributed by atoms with Crippen molar-refractivity contribution in [3.05, 3.63) is 0 Å². The first-order chi connectivity index (χ1) is 8.35. The van der Waals surface area contributed by atoms with Crippen LogP contribution in [0.5, 0.6) is 0 Å². The van der Waals surface area contributed by atoms with Gasteiger partial charge in [-0.2, -0.15) is 0 Å². The number of nitrogens with zero attached hydrogens (tertiary/aromatic N) is 1. The molecule has 0 aromatic heterocycles. The highest BCUT2D eigenvalue weighted by Crippen LogP contribution is 2.37. The van der Waals surface area contributed by atoms with Crippen LogP contribution in [0, 0.1) is 11.8 Å². The Morgan fingerprint density at radius 3 is 2.12 bits per heavy atom. The Kier molecular flexibility index (Phi) is 3.72. The summed E-state index contributed by atoms with van der Waals surface area (Å²) < 4.78 is 0. The molecule has 0 saturated heterocycles. The average molecular weight is 236 g/mol. The van der Waals surface area contributed by atoms with Crippen molar-refractivity contribution in [3.63, 3.8) is 0 Å². The standard InChI is InChI=1S/C15H28N2/c1-2-16-14-7-8-15(9-14)17(10-12-3-4-12)11-13-5-6-13/h12-16H,2-11H2,1H3. The van der Waals surface area contributed by atoms with E-state index in [4.69, 9.17) is 0 Å². The molecule has 98 valence electrons. The van der Waals surface area contributed by atoms with Crippen molar-refractivity contribution < 1.29 is 0 Å². The van der Waals surface area contributed by atoms with Gasteiger partial charge in [0.15, 0.2) is 0 Å². The minimum atomic E-state index is 0.811. The van der Waals surface area contributed by atoms with Gasteiger partial charge < -0.3 is 5.32 Å². The van der Waals surface area contributed by atoms with Gasteiger partial charge in [0, 0.05) is 25.2 Å². The van der Waals surface area contributed by atoms with Crippen LogP contribution in [-0.2, 0) is 0 Å². The maximum absolute atomic E-state index is 3.64. The summed E-state index contributed by atoms with van der Waals surface area (Å²) >= 11 is 0. The quantitative estimate of drug-likeness (QED) is 0.731. The zero-order chi connectivity index (χ0) is 11.7. The van der Waals surface area contributed by atoms with E-state index in [1.807, 2.05) is 0 Å². The zero-order valence-electron chi connectivity index (χ0n) is 11.3. The van der Waals surface area contributed by atoms with E-state index in [-0.39, 0.29) is 0 Å². The van der Waals surface area contributed by atoms with Crippen molar-refractivity contribution in [2.75, 3.05) is 19.6 Å². The van der Waals surface area contributed by atoms with Crippen molar-refractivity contribution in [1.29, 1.82) is 0 Å². The Morgan fingerprint density at radius 1 is 0.941 bits per heavy atom. The Bertz CT molecular complexity index is 231. The van der Waals surface area contributed by atoms with E-state index >= 15 is 0 Å². The lowest BCUT2D eigenvalue weighted by molar-refractivity contribution is 0.180. The molecular weight excluding hydrogens is 208 g/mol. The van der Waals surface area contributed by atoms with E-state index in [1.54, 1.807) is 0 Å². The van der Waals surface area contributed by atoms with Crippen LogP contribution in [0.1, 0.15) is 51.9 Å². The summed E-state index contributed by atoms with van der Waals surface area (Å²) in [7, 11) is 0. The molecule has 3 aliphatic rings. The van der Waals surface area contributed by atoms with E-state index in [2.05, 4.69) is 17.1 Å². The lowest BCUT2D eigenvalue weighted by Crippen LogP contribution is -2.38. The fraction of sp³-hybridized carbons (Fsp3) is 1.00. The highest BCUT2D eigenvalue weighted by molar-refractivity contribution is 4.91. The third-order valence-corrected chi connectivity index (χ3v) is 4.79. The molecule has 0 aromatic rings. The largest absolute Gasteiger partial charge is 0.314 e. The second kappa shape index (κ2) is 5.27. The van der Waals surface area contributed by atoms with Gasteiger partial charge in [0.1, 0.15) is 0 Å². The van der Waals surface area contributed by atoms with Gasteiger partial charge in [0.05, 0.1) is 0 Å². The molecule has 3 saturated carbocycles. The van der Waals surface area contributed by atoms with Crippen molar-refractivity contribution in [1.82, 2.24) is 10.2 Å². The number of nitrogens with one attached hydrogen (secondary N) is 1. The third-order valence-electron chi connectivity index (χ3n) is 4.79. The zero-order valence-corrected chi connectivity index (χ0v) is 11.3. The summed E-state index contributed by atoms with van der Waals surface area (Å²) in [5.74, 6) is 2.12. The maximum atomic E-state index is 3.64. The molecule has 0 amide bonds. The van der Waals surface area contributed by atoms with Crippen molar-refractivity contribution >= 4 is 0 Å². The lowest BCUT2D eigenvalue weighted by atomic mass is 10.1. The molecule has 2 unspecified atom stereocenters. The Morgan fingerprint density at radius 2 is 1.59 bits per heavy atom. The third kappa shape index (κ3) is 3.45. The van der Waals surface area contributed by atoms with Crippen LogP contribution in [0.15, 0.2) is 0 Å². The van der Waals surface area contributed by atoms with Gasteiger partial charge in [-0.3, -0.25) is 4.90 Å². The first-order valence-electron chi connectivity index (χ1n) is 7.82. The minimum Gasteiger partial charge on any atom is -0.314 e. The number of hydrogen-bond donors (Lipinski definition) is 1. The van der Waals surface area contributed by atoms with Crippen LogP contribution < -0.4 is 5.32 Å². The van der Waals surface area contributed by atoms with E-state index in [0.717, 1.165) is 30.5 Å². The van der Waals surface area contributed by atoms with Crippen LogP contribution in [0.25, 0.3) is 0 Å². The SMILES string of the molecule is CCNC1CCC(N(CC2CC2)CC2CC2)C1. The molecule has 1 N–H and O–H groups in total. The average Bonchev–Trinajstić information content (AvgIpc) is 3.23. The van der Waals surface area contributed by atoms with Crippen LogP contribution >= 0.6 is 0 Å². The van der Waals surface area contributed by atoms with Crippen molar-refractivity contribution in [3.8, 4) is 0 Å². The number of rotatable bonds is 7. The van der Waals surface area contributed by atoms with Crippen LogP contribution in [0.3, 0.4) is 0 Å². The van der Waals surface area contributed by atoms with Crippen molar-refractivity contribution in [2.24, 2.45) is 11.8 Å². The van der Waals surface area contributed by atoms with Crippen LogP contribution in [0.4, 0.5) is 0 Å². The van der Waals surface area contributed by atoms with Gasteiger partial charge in [0.25, 0.3) is 0 Å². The molecule has 3 fully saturated rings. The van der Waals surface area contributed by atoms with Gasteiger partial charge in [-0.15, -0.1) is 0 Å². The first kappa shape index (κ1) is 12.0.